The van der Waals surface area contributed by atoms with Gasteiger partial charge in [-0.15, -0.1) is 0 Å². The molecule has 1 heterocycles. The molecule has 2 rings (SSSR count). The van der Waals surface area contributed by atoms with Gasteiger partial charge in [0.1, 0.15) is 0 Å². The van der Waals surface area contributed by atoms with Crippen LogP contribution >= 0.6 is 11.6 Å². The average molecular weight is 269 g/mol. The molecule has 0 aromatic heterocycles. The predicted octanol–water partition coefficient (Wildman–Crippen LogP) is 2.41. The highest BCUT2D eigenvalue weighted by Crippen LogP contribution is 2.20. The number of nitrogens with zero attached hydrogens (tertiary/aromatic N) is 1. The van der Waals surface area contributed by atoms with Crippen molar-refractivity contribution in [2.24, 2.45) is 5.73 Å². The molecular formula is C14H21ClN2O. The van der Waals surface area contributed by atoms with Crippen LogP contribution in [0.15, 0.2) is 18.2 Å². The Labute approximate surface area is 114 Å². The van der Waals surface area contributed by atoms with Crippen molar-refractivity contribution in [2.75, 3.05) is 20.2 Å². The molecule has 4 heteroatoms. The molecule has 1 saturated heterocycles. The zero-order valence-electron chi connectivity index (χ0n) is 10.9. The van der Waals surface area contributed by atoms with Crippen molar-refractivity contribution in [3.63, 3.8) is 0 Å². The van der Waals surface area contributed by atoms with Crippen molar-refractivity contribution in [2.45, 2.75) is 32.0 Å². The average Bonchev–Trinajstić information content (AvgIpc) is 2.84. The molecule has 1 aliphatic heterocycles. The fourth-order valence-electron chi connectivity index (χ4n) is 2.34. The van der Waals surface area contributed by atoms with Crippen LogP contribution < -0.4 is 5.73 Å². The number of hydrogen-bond acceptors (Lipinski definition) is 3. The molecule has 0 radical (unpaired) electrons. The number of benzene rings is 1. The lowest BCUT2D eigenvalue weighted by atomic mass is 10.1. The molecule has 1 fully saturated rings. The Balaban J connectivity index is 1.91. The smallest absolute Gasteiger partial charge is 0.0702 e. The van der Waals surface area contributed by atoms with Crippen LogP contribution in [0.4, 0.5) is 0 Å². The number of likely N-dealkylation sites (N-methyl/N-ethyl adjacent to an activating group) is 1. The van der Waals surface area contributed by atoms with E-state index in [4.69, 9.17) is 22.1 Å². The van der Waals surface area contributed by atoms with Gasteiger partial charge in [0.05, 0.1) is 6.10 Å². The molecule has 100 valence electrons. The Morgan fingerprint density at radius 2 is 2.33 bits per heavy atom. The minimum Gasteiger partial charge on any atom is -0.377 e. The van der Waals surface area contributed by atoms with Gasteiger partial charge in [0.2, 0.25) is 0 Å². The second-order valence-electron chi connectivity index (χ2n) is 4.96. The number of rotatable bonds is 5. The molecule has 1 atom stereocenters. The molecule has 0 saturated carbocycles. The summed E-state index contributed by atoms with van der Waals surface area (Å²) in [5.41, 5.74) is 7.82. The van der Waals surface area contributed by atoms with E-state index in [0.717, 1.165) is 35.8 Å². The third-order valence-corrected chi connectivity index (χ3v) is 3.68. The third-order valence-electron chi connectivity index (χ3n) is 3.33. The maximum atomic E-state index is 6.26. The fraction of sp³-hybridized carbons (Fsp3) is 0.571. The number of hydrogen-bond donors (Lipinski definition) is 1. The summed E-state index contributed by atoms with van der Waals surface area (Å²) in [6.45, 7) is 3.26. The van der Waals surface area contributed by atoms with E-state index < -0.39 is 0 Å². The summed E-state index contributed by atoms with van der Waals surface area (Å²) in [5, 5.41) is 0.803. The Hall–Kier alpha value is -0.610. The number of nitrogens with two attached hydrogens (primary N) is 1. The van der Waals surface area contributed by atoms with Gasteiger partial charge in [0.15, 0.2) is 0 Å². The monoisotopic (exact) mass is 268 g/mol. The van der Waals surface area contributed by atoms with Crippen molar-refractivity contribution < 1.29 is 4.74 Å². The van der Waals surface area contributed by atoms with Crippen LogP contribution in [0.1, 0.15) is 24.0 Å². The zero-order chi connectivity index (χ0) is 13.0. The van der Waals surface area contributed by atoms with Crippen LogP contribution in [0, 0.1) is 0 Å². The normalized spacial score (nSPS) is 19.7. The van der Waals surface area contributed by atoms with Gasteiger partial charge in [0.25, 0.3) is 0 Å². The molecule has 18 heavy (non-hydrogen) atoms. The SMILES string of the molecule is CN(Cc1ccc(CN)cc1Cl)CC1CCCO1. The van der Waals surface area contributed by atoms with Crippen LogP contribution in [0.3, 0.4) is 0 Å². The highest BCUT2D eigenvalue weighted by atomic mass is 35.5. The van der Waals surface area contributed by atoms with E-state index in [2.05, 4.69) is 18.0 Å². The van der Waals surface area contributed by atoms with Gasteiger partial charge in [-0.3, -0.25) is 4.90 Å². The molecule has 1 aliphatic rings. The van der Waals surface area contributed by atoms with E-state index in [0.29, 0.717) is 12.6 Å². The standard InChI is InChI=1S/C14H21ClN2O/c1-17(10-13-3-2-6-18-13)9-12-5-4-11(8-16)7-14(12)15/h4-5,7,13H,2-3,6,8-10,16H2,1H3. The van der Waals surface area contributed by atoms with Gasteiger partial charge in [-0.25, -0.2) is 0 Å². The van der Waals surface area contributed by atoms with E-state index in [1.807, 2.05) is 12.1 Å². The molecule has 1 aromatic rings. The van der Waals surface area contributed by atoms with Crippen LogP contribution in [-0.4, -0.2) is 31.2 Å². The van der Waals surface area contributed by atoms with Crippen molar-refractivity contribution in [1.29, 1.82) is 0 Å². The van der Waals surface area contributed by atoms with E-state index in [9.17, 15) is 0 Å². The molecular weight excluding hydrogens is 248 g/mol. The molecule has 0 amide bonds. The first kappa shape index (κ1) is 13.8. The summed E-state index contributed by atoms with van der Waals surface area (Å²) >= 11 is 6.26. The van der Waals surface area contributed by atoms with Gasteiger partial charge >= 0.3 is 0 Å². The Bertz CT molecular complexity index is 391. The fourth-order valence-corrected chi connectivity index (χ4v) is 2.60. The summed E-state index contributed by atoms with van der Waals surface area (Å²) in [6, 6.07) is 6.06. The molecule has 0 spiro atoms. The lowest BCUT2D eigenvalue weighted by molar-refractivity contribution is 0.0793. The van der Waals surface area contributed by atoms with Crippen LogP contribution in [0.5, 0.6) is 0 Å². The van der Waals surface area contributed by atoms with Gasteiger partial charge in [-0.05, 0) is 37.1 Å². The zero-order valence-corrected chi connectivity index (χ0v) is 11.6. The quantitative estimate of drug-likeness (QED) is 0.891. The maximum absolute atomic E-state index is 6.26. The summed E-state index contributed by atoms with van der Waals surface area (Å²) in [7, 11) is 2.11. The summed E-state index contributed by atoms with van der Waals surface area (Å²) in [6.07, 6.45) is 2.74. The number of halogens is 1. The maximum Gasteiger partial charge on any atom is 0.0702 e. The Morgan fingerprint density at radius 1 is 1.50 bits per heavy atom. The van der Waals surface area contributed by atoms with Gasteiger partial charge in [-0.2, -0.15) is 0 Å². The molecule has 1 unspecified atom stereocenters. The van der Waals surface area contributed by atoms with Crippen LogP contribution in [0.2, 0.25) is 5.02 Å². The van der Waals surface area contributed by atoms with Crippen molar-refractivity contribution >= 4 is 11.6 Å². The van der Waals surface area contributed by atoms with E-state index in [1.165, 1.54) is 12.8 Å². The lowest BCUT2D eigenvalue weighted by Gasteiger charge is -2.21. The summed E-state index contributed by atoms with van der Waals surface area (Å²) < 4.78 is 5.64. The molecule has 0 aliphatic carbocycles. The van der Waals surface area contributed by atoms with E-state index in [1.54, 1.807) is 0 Å². The van der Waals surface area contributed by atoms with Gasteiger partial charge < -0.3 is 10.5 Å². The summed E-state index contributed by atoms with van der Waals surface area (Å²) in [5.74, 6) is 0. The highest BCUT2D eigenvalue weighted by molar-refractivity contribution is 6.31. The minimum atomic E-state index is 0.386. The minimum absolute atomic E-state index is 0.386. The molecule has 0 bridgehead atoms. The van der Waals surface area contributed by atoms with Gasteiger partial charge in [0, 0.05) is 31.3 Å². The number of ether oxygens (including phenoxy) is 1. The lowest BCUT2D eigenvalue weighted by Crippen LogP contribution is -2.28. The van der Waals surface area contributed by atoms with Crippen molar-refractivity contribution in [3.05, 3.63) is 34.3 Å². The first-order valence-corrected chi connectivity index (χ1v) is 6.84. The topological polar surface area (TPSA) is 38.5 Å². The highest BCUT2D eigenvalue weighted by Gasteiger charge is 2.17. The van der Waals surface area contributed by atoms with E-state index in [-0.39, 0.29) is 0 Å². The largest absolute Gasteiger partial charge is 0.377 e. The molecule has 3 nitrogen and oxygen atoms in total. The van der Waals surface area contributed by atoms with Crippen LogP contribution in [-0.2, 0) is 17.8 Å². The van der Waals surface area contributed by atoms with Crippen molar-refractivity contribution in [1.82, 2.24) is 4.90 Å². The molecule has 2 N–H and O–H groups in total. The first-order valence-electron chi connectivity index (χ1n) is 6.46. The Kier molecular flexibility index (Phi) is 5.01. The first-order chi connectivity index (χ1) is 8.69. The third kappa shape index (κ3) is 3.69. The second-order valence-corrected chi connectivity index (χ2v) is 5.37. The Morgan fingerprint density at radius 3 is 2.94 bits per heavy atom. The second kappa shape index (κ2) is 6.53. The van der Waals surface area contributed by atoms with Crippen molar-refractivity contribution in [3.8, 4) is 0 Å². The van der Waals surface area contributed by atoms with Crippen LogP contribution in [0.25, 0.3) is 0 Å². The van der Waals surface area contributed by atoms with E-state index >= 15 is 0 Å². The van der Waals surface area contributed by atoms with Gasteiger partial charge in [-0.1, -0.05) is 23.7 Å². The molecule has 1 aromatic carbocycles. The summed E-state index contributed by atoms with van der Waals surface area (Å²) in [4.78, 5) is 2.26. The predicted molar refractivity (Wildman–Crippen MR) is 74.7 cm³/mol.